The lowest BCUT2D eigenvalue weighted by Gasteiger charge is -2.17. The number of hydrogen-bond acceptors (Lipinski definition) is 4. The second-order valence-electron chi connectivity index (χ2n) is 8.69. The standard InChI is InChI=1S/C24H23FN4O4/c25-19-8-5-14(12-29-20-4-2-1-3-17(20)21(30)27-24(29)33)11-18(19)22(31)26-16-9-10-28(13-16)23(32)15-6-7-15/h1-5,8,11,15-16H,6-7,9-10,12-13H2,(H,26,31)(H,27,30,33). The molecule has 2 amide bonds. The van der Waals surface area contributed by atoms with Crippen molar-refractivity contribution in [2.75, 3.05) is 13.1 Å². The SMILES string of the molecule is O=C(NC1CCN(C(=O)C2CC2)C1)c1cc(Cn2c(=O)[nH]c(=O)c3ccccc32)ccc1F. The van der Waals surface area contributed by atoms with Crippen molar-refractivity contribution in [3.05, 3.63) is 80.2 Å². The van der Waals surface area contributed by atoms with Crippen molar-refractivity contribution < 1.29 is 14.0 Å². The third kappa shape index (κ3) is 4.18. The molecule has 1 aromatic heterocycles. The van der Waals surface area contributed by atoms with Gasteiger partial charge in [-0.05, 0) is 49.1 Å². The van der Waals surface area contributed by atoms with Crippen LogP contribution in [0.15, 0.2) is 52.1 Å². The molecule has 0 radical (unpaired) electrons. The topological polar surface area (TPSA) is 104 Å². The first-order valence-electron chi connectivity index (χ1n) is 11.0. The Kier molecular flexibility index (Phi) is 5.32. The fourth-order valence-corrected chi connectivity index (χ4v) is 4.36. The number of amides is 2. The molecule has 1 aliphatic carbocycles. The second-order valence-corrected chi connectivity index (χ2v) is 8.69. The Morgan fingerprint density at radius 2 is 1.88 bits per heavy atom. The predicted octanol–water partition coefficient (Wildman–Crippen LogP) is 1.62. The molecular weight excluding hydrogens is 427 g/mol. The summed E-state index contributed by atoms with van der Waals surface area (Å²) in [5, 5.41) is 3.20. The van der Waals surface area contributed by atoms with Crippen LogP contribution >= 0.6 is 0 Å². The highest BCUT2D eigenvalue weighted by atomic mass is 19.1. The van der Waals surface area contributed by atoms with Crippen LogP contribution in [0.4, 0.5) is 4.39 Å². The summed E-state index contributed by atoms with van der Waals surface area (Å²) in [6, 6.07) is 10.6. The highest BCUT2D eigenvalue weighted by Gasteiger charge is 2.37. The van der Waals surface area contributed by atoms with Gasteiger partial charge in [0.1, 0.15) is 5.82 Å². The number of nitrogens with zero attached hydrogens (tertiary/aromatic N) is 2. The number of carbonyl (C=O) groups excluding carboxylic acids is 2. The molecule has 2 heterocycles. The average molecular weight is 450 g/mol. The number of likely N-dealkylation sites (tertiary alicyclic amines) is 1. The zero-order chi connectivity index (χ0) is 23.1. The molecule has 2 N–H and O–H groups in total. The Bertz CT molecular complexity index is 1370. The zero-order valence-corrected chi connectivity index (χ0v) is 17.8. The first kappa shape index (κ1) is 21.1. The Morgan fingerprint density at radius 3 is 2.67 bits per heavy atom. The normalized spacial score (nSPS) is 18.0. The van der Waals surface area contributed by atoms with Gasteiger partial charge in [-0.1, -0.05) is 18.2 Å². The number of para-hydroxylation sites is 1. The summed E-state index contributed by atoms with van der Waals surface area (Å²) in [5.74, 6) is -0.961. The third-order valence-electron chi connectivity index (χ3n) is 6.28. The van der Waals surface area contributed by atoms with Gasteiger partial charge in [0.05, 0.1) is 23.0 Å². The van der Waals surface area contributed by atoms with Crippen molar-refractivity contribution in [3.8, 4) is 0 Å². The van der Waals surface area contributed by atoms with E-state index in [2.05, 4.69) is 10.3 Å². The van der Waals surface area contributed by atoms with Crippen LogP contribution in [0.3, 0.4) is 0 Å². The smallest absolute Gasteiger partial charge is 0.329 e. The van der Waals surface area contributed by atoms with E-state index < -0.39 is 23.0 Å². The Morgan fingerprint density at radius 1 is 1.09 bits per heavy atom. The molecule has 1 unspecified atom stereocenters. The van der Waals surface area contributed by atoms with Crippen molar-refractivity contribution in [2.45, 2.75) is 31.8 Å². The number of aromatic amines is 1. The lowest BCUT2D eigenvalue weighted by atomic mass is 10.1. The zero-order valence-electron chi connectivity index (χ0n) is 17.8. The molecule has 2 aromatic carbocycles. The van der Waals surface area contributed by atoms with E-state index >= 15 is 0 Å². The minimum atomic E-state index is -0.668. The largest absolute Gasteiger partial charge is 0.347 e. The summed E-state index contributed by atoms with van der Waals surface area (Å²) in [6.45, 7) is 1.08. The van der Waals surface area contributed by atoms with Gasteiger partial charge in [0, 0.05) is 25.0 Å². The number of nitrogens with one attached hydrogen (secondary N) is 2. The molecule has 1 saturated heterocycles. The molecule has 1 saturated carbocycles. The van der Waals surface area contributed by atoms with E-state index in [4.69, 9.17) is 0 Å². The fourth-order valence-electron chi connectivity index (χ4n) is 4.36. The molecule has 3 aromatic rings. The number of rotatable bonds is 5. The van der Waals surface area contributed by atoms with Gasteiger partial charge in [-0.3, -0.25) is 23.9 Å². The van der Waals surface area contributed by atoms with Gasteiger partial charge in [0.25, 0.3) is 11.5 Å². The van der Waals surface area contributed by atoms with E-state index in [1.807, 2.05) is 0 Å². The van der Waals surface area contributed by atoms with Crippen LogP contribution in [-0.2, 0) is 11.3 Å². The van der Waals surface area contributed by atoms with E-state index in [-0.39, 0.29) is 30.0 Å². The van der Waals surface area contributed by atoms with Gasteiger partial charge in [-0.25, -0.2) is 9.18 Å². The van der Waals surface area contributed by atoms with Crippen LogP contribution in [-0.4, -0.2) is 45.4 Å². The molecule has 170 valence electrons. The highest BCUT2D eigenvalue weighted by molar-refractivity contribution is 5.95. The number of benzene rings is 2. The maximum absolute atomic E-state index is 14.5. The molecule has 9 heteroatoms. The second kappa shape index (κ2) is 8.31. The molecule has 5 rings (SSSR count). The van der Waals surface area contributed by atoms with Crippen molar-refractivity contribution in [3.63, 3.8) is 0 Å². The molecule has 1 atom stereocenters. The third-order valence-corrected chi connectivity index (χ3v) is 6.28. The fraction of sp³-hybridized carbons (Fsp3) is 0.333. The summed E-state index contributed by atoms with van der Waals surface area (Å²) in [7, 11) is 0. The average Bonchev–Trinajstić information content (AvgIpc) is 3.56. The monoisotopic (exact) mass is 450 g/mol. The van der Waals surface area contributed by atoms with E-state index in [0.29, 0.717) is 36.0 Å². The van der Waals surface area contributed by atoms with Crippen molar-refractivity contribution >= 4 is 22.7 Å². The lowest BCUT2D eigenvalue weighted by molar-refractivity contribution is -0.131. The molecule has 33 heavy (non-hydrogen) atoms. The molecule has 2 aliphatic rings. The molecule has 1 aliphatic heterocycles. The molecule has 0 bridgehead atoms. The molecule has 0 spiro atoms. The minimum absolute atomic E-state index is 0.0593. The van der Waals surface area contributed by atoms with Gasteiger partial charge >= 0.3 is 5.69 Å². The van der Waals surface area contributed by atoms with Gasteiger partial charge < -0.3 is 10.2 Å². The predicted molar refractivity (Wildman–Crippen MR) is 120 cm³/mol. The molecule has 8 nitrogen and oxygen atoms in total. The first-order chi connectivity index (χ1) is 15.9. The summed E-state index contributed by atoms with van der Waals surface area (Å²) < 4.78 is 15.9. The Balaban J connectivity index is 1.35. The molecular formula is C24H23FN4O4. The van der Waals surface area contributed by atoms with E-state index in [1.165, 1.54) is 22.8 Å². The minimum Gasteiger partial charge on any atom is -0.347 e. The maximum atomic E-state index is 14.5. The highest BCUT2D eigenvalue weighted by Crippen LogP contribution is 2.32. The quantitative estimate of drug-likeness (QED) is 0.616. The summed E-state index contributed by atoms with van der Waals surface area (Å²) in [4.78, 5) is 53.6. The number of halogens is 1. The van der Waals surface area contributed by atoms with Gasteiger partial charge in [-0.2, -0.15) is 0 Å². The Hall–Kier alpha value is -3.75. The van der Waals surface area contributed by atoms with E-state index in [0.717, 1.165) is 12.8 Å². The number of aromatic nitrogens is 2. The number of carbonyl (C=O) groups is 2. The van der Waals surface area contributed by atoms with Crippen LogP contribution in [0, 0.1) is 11.7 Å². The summed E-state index contributed by atoms with van der Waals surface area (Å²) >= 11 is 0. The van der Waals surface area contributed by atoms with Crippen LogP contribution < -0.4 is 16.6 Å². The Labute approximate surface area is 188 Å². The van der Waals surface area contributed by atoms with Gasteiger partial charge in [0.15, 0.2) is 0 Å². The van der Waals surface area contributed by atoms with Gasteiger partial charge in [-0.15, -0.1) is 0 Å². The lowest BCUT2D eigenvalue weighted by Crippen LogP contribution is -2.39. The first-order valence-corrected chi connectivity index (χ1v) is 11.0. The summed E-state index contributed by atoms with van der Waals surface area (Å²) in [5.41, 5.74) is -0.191. The van der Waals surface area contributed by atoms with Crippen molar-refractivity contribution in [1.82, 2.24) is 19.8 Å². The maximum Gasteiger partial charge on any atom is 0.329 e. The number of hydrogen-bond donors (Lipinski definition) is 2. The number of H-pyrrole nitrogens is 1. The van der Waals surface area contributed by atoms with Crippen LogP contribution in [0.1, 0.15) is 35.2 Å². The van der Waals surface area contributed by atoms with Crippen LogP contribution in [0.5, 0.6) is 0 Å². The van der Waals surface area contributed by atoms with Crippen LogP contribution in [0.2, 0.25) is 0 Å². The van der Waals surface area contributed by atoms with E-state index in [9.17, 15) is 23.6 Å². The van der Waals surface area contributed by atoms with Crippen molar-refractivity contribution in [1.29, 1.82) is 0 Å². The number of fused-ring (bicyclic) bond motifs is 1. The van der Waals surface area contributed by atoms with Crippen molar-refractivity contribution in [2.24, 2.45) is 5.92 Å². The summed E-state index contributed by atoms with van der Waals surface area (Å²) in [6.07, 6.45) is 2.49. The van der Waals surface area contributed by atoms with Gasteiger partial charge in [0.2, 0.25) is 5.91 Å². The van der Waals surface area contributed by atoms with E-state index in [1.54, 1.807) is 29.2 Å². The van der Waals surface area contributed by atoms with Crippen LogP contribution in [0.25, 0.3) is 10.9 Å². The molecule has 2 fully saturated rings.